The minimum Gasteiger partial charge on any atom is -0.473 e. The molecule has 0 radical (unpaired) electrons. The third-order valence-corrected chi connectivity index (χ3v) is 6.13. The number of carbonyl (C=O) groups excluding carboxylic acids is 2. The number of aromatic nitrogens is 4. The number of pyridine rings is 2. The van der Waals surface area contributed by atoms with Gasteiger partial charge in [0.1, 0.15) is 6.61 Å². The van der Waals surface area contributed by atoms with Crippen LogP contribution >= 0.6 is 0 Å². The van der Waals surface area contributed by atoms with Crippen molar-refractivity contribution in [2.24, 2.45) is 0 Å². The Labute approximate surface area is 214 Å². The summed E-state index contributed by atoms with van der Waals surface area (Å²) in [5.74, 6) is 0.247. The molecular formula is C28H26N6O3. The summed E-state index contributed by atoms with van der Waals surface area (Å²) in [4.78, 5) is 46.1. The molecule has 2 amide bonds. The smallest absolute Gasteiger partial charge is 0.254 e. The van der Waals surface area contributed by atoms with E-state index in [0.717, 1.165) is 16.8 Å². The van der Waals surface area contributed by atoms with Crippen molar-refractivity contribution in [1.82, 2.24) is 29.7 Å². The average molecular weight is 495 g/mol. The Kier molecular flexibility index (Phi) is 7.40. The van der Waals surface area contributed by atoms with Crippen LogP contribution in [-0.2, 0) is 17.8 Å². The molecule has 1 saturated heterocycles. The van der Waals surface area contributed by atoms with E-state index in [0.29, 0.717) is 49.9 Å². The zero-order valence-corrected chi connectivity index (χ0v) is 20.2. The fraction of sp³-hybridized carbons (Fsp3) is 0.214. The van der Waals surface area contributed by atoms with Gasteiger partial charge >= 0.3 is 0 Å². The van der Waals surface area contributed by atoms with Gasteiger partial charge in [-0.2, -0.15) is 0 Å². The van der Waals surface area contributed by atoms with Crippen molar-refractivity contribution in [3.05, 3.63) is 102 Å². The van der Waals surface area contributed by atoms with Gasteiger partial charge in [-0.05, 0) is 12.1 Å². The molecule has 1 aliphatic heterocycles. The molecule has 0 spiro atoms. The molecular weight excluding hydrogens is 468 g/mol. The standard InChI is InChI=1S/C28H26N6O3/c35-27(17-24-19-29-10-11-30-24)33-12-14-34(15-13-33)28(36)23-8-9-31-26(16-23)37-20-21-6-7-25(32-18-21)22-4-2-1-3-5-22/h1-11,16,18-19H,12-15,17,20H2. The van der Waals surface area contributed by atoms with Gasteiger partial charge < -0.3 is 14.5 Å². The van der Waals surface area contributed by atoms with Crippen LogP contribution in [0.25, 0.3) is 11.3 Å². The van der Waals surface area contributed by atoms with Crippen molar-refractivity contribution in [2.45, 2.75) is 13.0 Å². The number of hydrogen-bond acceptors (Lipinski definition) is 7. The minimum absolute atomic E-state index is 0.0153. The molecule has 1 fully saturated rings. The first-order valence-electron chi connectivity index (χ1n) is 12.1. The number of benzene rings is 1. The maximum atomic E-state index is 13.1. The molecule has 0 unspecified atom stereocenters. The zero-order chi connectivity index (χ0) is 25.5. The summed E-state index contributed by atoms with van der Waals surface area (Å²) in [7, 11) is 0. The van der Waals surface area contributed by atoms with E-state index in [2.05, 4.69) is 19.9 Å². The fourth-order valence-corrected chi connectivity index (χ4v) is 4.10. The normalized spacial score (nSPS) is 13.3. The number of ether oxygens (including phenoxy) is 1. The lowest BCUT2D eigenvalue weighted by molar-refractivity contribution is -0.132. The Balaban J connectivity index is 1.13. The van der Waals surface area contributed by atoms with E-state index >= 15 is 0 Å². The van der Waals surface area contributed by atoms with Crippen LogP contribution in [-0.4, -0.2) is 67.7 Å². The second-order valence-electron chi connectivity index (χ2n) is 8.64. The summed E-state index contributed by atoms with van der Waals surface area (Å²) in [5, 5.41) is 0. The Morgan fingerprint density at radius 1 is 0.811 bits per heavy atom. The number of amides is 2. The highest BCUT2D eigenvalue weighted by atomic mass is 16.5. The van der Waals surface area contributed by atoms with Crippen molar-refractivity contribution in [2.75, 3.05) is 26.2 Å². The highest BCUT2D eigenvalue weighted by Crippen LogP contribution is 2.18. The Morgan fingerprint density at radius 2 is 1.62 bits per heavy atom. The van der Waals surface area contributed by atoms with Crippen LogP contribution in [0, 0.1) is 0 Å². The van der Waals surface area contributed by atoms with Crippen LogP contribution in [0.5, 0.6) is 5.88 Å². The van der Waals surface area contributed by atoms with Gasteiger partial charge in [0.15, 0.2) is 0 Å². The van der Waals surface area contributed by atoms with Crippen molar-refractivity contribution in [3.63, 3.8) is 0 Å². The molecule has 9 heteroatoms. The summed E-state index contributed by atoms with van der Waals surface area (Å²) in [6.45, 7) is 2.17. The van der Waals surface area contributed by atoms with Crippen LogP contribution in [0.2, 0.25) is 0 Å². The molecule has 0 saturated carbocycles. The van der Waals surface area contributed by atoms with Gasteiger partial charge in [-0.25, -0.2) is 4.98 Å². The van der Waals surface area contributed by atoms with Crippen molar-refractivity contribution in [1.29, 1.82) is 0 Å². The molecule has 4 heterocycles. The van der Waals surface area contributed by atoms with Crippen LogP contribution in [0.4, 0.5) is 0 Å². The fourth-order valence-electron chi connectivity index (χ4n) is 4.10. The summed E-state index contributed by atoms with van der Waals surface area (Å²) >= 11 is 0. The third-order valence-electron chi connectivity index (χ3n) is 6.13. The van der Waals surface area contributed by atoms with Crippen LogP contribution in [0.1, 0.15) is 21.6 Å². The first kappa shape index (κ1) is 24.1. The quantitative estimate of drug-likeness (QED) is 0.389. The van der Waals surface area contributed by atoms with Crippen molar-refractivity contribution < 1.29 is 14.3 Å². The topological polar surface area (TPSA) is 101 Å². The van der Waals surface area contributed by atoms with E-state index in [1.54, 1.807) is 52.9 Å². The van der Waals surface area contributed by atoms with Crippen LogP contribution < -0.4 is 4.74 Å². The van der Waals surface area contributed by atoms with Gasteiger partial charge in [0.2, 0.25) is 11.8 Å². The zero-order valence-electron chi connectivity index (χ0n) is 20.2. The lowest BCUT2D eigenvalue weighted by Gasteiger charge is -2.34. The average Bonchev–Trinajstić information content (AvgIpc) is 2.97. The van der Waals surface area contributed by atoms with Crippen molar-refractivity contribution in [3.8, 4) is 17.1 Å². The summed E-state index contributed by atoms with van der Waals surface area (Å²) in [5.41, 5.74) is 3.99. The van der Waals surface area contributed by atoms with E-state index in [1.807, 2.05) is 42.5 Å². The number of nitrogens with zero attached hydrogens (tertiary/aromatic N) is 6. The van der Waals surface area contributed by atoms with Gasteiger partial charge in [-0.15, -0.1) is 0 Å². The maximum Gasteiger partial charge on any atom is 0.254 e. The van der Waals surface area contributed by atoms with E-state index in [1.165, 1.54) is 0 Å². The molecule has 4 aromatic rings. The molecule has 1 aromatic carbocycles. The van der Waals surface area contributed by atoms with Gasteiger partial charge in [-0.3, -0.25) is 24.5 Å². The number of carbonyl (C=O) groups is 2. The summed E-state index contributed by atoms with van der Waals surface area (Å²) in [6.07, 6.45) is 8.30. The largest absolute Gasteiger partial charge is 0.473 e. The molecule has 37 heavy (non-hydrogen) atoms. The van der Waals surface area contributed by atoms with E-state index in [9.17, 15) is 9.59 Å². The lowest BCUT2D eigenvalue weighted by Crippen LogP contribution is -2.51. The maximum absolute atomic E-state index is 13.1. The molecule has 9 nitrogen and oxygen atoms in total. The van der Waals surface area contributed by atoms with E-state index in [4.69, 9.17) is 4.74 Å². The number of piperazine rings is 1. The van der Waals surface area contributed by atoms with Crippen molar-refractivity contribution >= 4 is 11.8 Å². The predicted octanol–water partition coefficient (Wildman–Crippen LogP) is 3.04. The highest BCUT2D eigenvalue weighted by molar-refractivity contribution is 5.94. The first-order valence-corrected chi connectivity index (χ1v) is 12.1. The van der Waals surface area contributed by atoms with E-state index in [-0.39, 0.29) is 18.2 Å². The second-order valence-corrected chi connectivity index (χ2v) is 8.64. The lowest BCUT2D eigenvalue weighted by atomic mass is 10.1. The molecule has 0 N–H and O–H groups in total. The predicted molar refractivity (Wildman–Crippen MR) is 136 cm³/mol. The molecule has 5 rings (SSSR count). The molecule has 1 aliphatic rings. The molecule has 186 valence electrons. The monoisotopic (exact) mass is 494 g/mol. The van der Waals surface area contributed by atoms with E-state index < -0.39 is 0 Å². The van der Waals surface area contributed by atoms with Crippen LogP contribution in [0.15, 0.2) is 85.6 Å². The molecule has 0 bridgehead atoms. The van der Waals surface area contributed by atoms with Gasteiger partial charge in [0, 0.05) is 79.9 Å². The highest BCUT2D eigenvalue weighted by Gasteiger charge is 2.25. The van der Waals surface area contributed by atoms with Gasteiger partial charge in [-0.1, -0.05) is 36.4 Å². The minimum atomic E-state index is -0.109. The first-order chi connectivity index (χ1) is 18.2. The third kappa shape index (κ3) is 6.13. The molecule has 3 aromatic heterocycles. The Morgan fingerprint density at radius 3 is 2.35 bits per heavy atom. The number of hydrogen-bond donors (Lipinski definition) is 0. The summed E-state index contributed by atoms with van der Waals surface area (Å²) < 4.78 is 5.84. The SMILES string of the molecule is O=C(Cc1cnccn1)N1CCN(C(=O)c2ccnc(OCc3ccc(-c4ccccc4)nc3)c2)CC1. The van der Waals surface area contributed by atoms with Gasteiger partial charge in [0.05, 0.1) is 17.8 Å². The summed E-state index contributed by atoms with van der Waals surface area (Å²) in [6, 6.07) is 17.2. The molecule has 0 atom stereocenters. The Bertz CT molecular complexity index is 1340. The van der Waals surface area contributed by atoms with Gasteiger partial charge in [0.25, 0.3) is 5.91 Å². The van der Waals surface area contributed by atoms with Crippen LogP contribution in [0.3, 0.4) is 0 Å². The Hall–Kier alpha value is -4.66. The number of rotatable bonds is 7. The molecule has 0 aliphatic carbocycles. The second kappa shape index (κ2) is 11.4.